The van der Waals surface area contributed by atoms with Crippen molar-refractivity contribution in [3.8, 4) is 11.1 Å². The quantitative estimate of drug-likeness (QED) is 0.602. The maximum atomic E-state index is 3.88. The maximum Gasteiger partial charge on any atom is -0.00122 e. The van der Waals surface area contributed by atoms with Gasteiger partial charge in [-0.05, 0) is 46.9 Å². The van der Waals surface area contributed by atoms with Crippen molar-refractivity contribution in [3.63, 3.8) is 0 Å². The first-order valence-electron chi connectivity index (χ1n) is 3.65. The van der Waals surface area contributed by atoms with Crippen LogP contribution < -0.4 is 0 Å². The predicted molar refractivity (Wildman–Crippen MR) is 50.0 cm³/mol. The van der Waals surface area contributed by atoms with E-state index in [2.05, 4.69) is 35.9 Å². The van der Waals surface area contributed by atoms with Gasteiger partial charge in [0.1, 0.15) is 0 Å². The molecule has 2 rings (SSSR count). The molecule has 1 heteroatoms. The van der Waals surface area contributed by atoms with Gasteiger partial charge in [-0.25, -0.2) is 0 Å². The summed E-state index contributed by atoms with van der Waals surface area (Å²) in [5.41, 5.74) is 4.06. The van der Waals surface area contributed by atoms with Crippen LogP contribution in [0.25, 0.3) is 11.1 Å². The van der Waals surface area contributed by atoms with Gasteiger partial charge in [-0.2, -0.15) is 11.3 Å². The third-order valence-electron chi connectivity index (χ3n) is 1.90. The Morgan fingerprint density at radius 3 is 3.00 bits per heavy atom. The Morgan fingerprint density at radius 2 is 2.18 bits per heavy atom. The van der Waals surface area contributed by atoms with Gasteiger partial charge in [-0.15, -0.1) is 0 Å². The molecule has 0 saturated carbocycles. The number of fused-ring (bicyclic) bond motifs is 1. The highest BCUT2D eigenvalue weighted by atomic mass is 32.1. The van der Waals surface area contributed by atoms with E-state index in [1.54, 1.807) is 11.3 Å². The van der Waals surface area contributed by atoms with Crippen molar-refractivity contribution in [2.45, 2.75) is 6.42 Å². The van der Waals surface area contributed by atoms with Crippen LogP contribution in [0.4, 0.5) is 0 Å². The van der Waals surface area contributed by atoms with Crippen molar-refractivity contribution in [3.05, 3.63) is 41.4 Å². The zero-order valence-electron chi connectivity index (χ0n) is 6.21. The first kappa shape index (κ1) is 6.86. The van der Waals surface area contributed by atoms with Crippen LogP contribution in [0.15, 0.2) is 29.0 Å². The van der Waals surface area contributed by atoms with Crippen LogP contribution >= 0.6 is 11.3 Å². The molecule has 0 fully saturated rings. The molecule has 0 spiro atoms. The van der Waals surface area contributed by atoms with Gasteiger partial charge in [0.15, 0.2) is 0 Å². The smallest absolute Gasteiger partial charge is 0.00122 e. The van der Waals surface area contributed by atoms with Gasteiger partial charge in [-0.3, -0.25) is 0 Å². The fourth-order valence-corrected chi connectivity index (χ4v) is 2.01. The molecule has 1 aliphatic heterocycles. The second kappa shape index (κ2) is 2.67. The Balaban J connectivity index is 2.64. The normalized spacial score (nSPS) is 10.6. The molecule has 0 amide bonds. The molecule has 0 aromatic carbocycles. The maximum absolute atomic E-state index is 3.88. The lowest BCUT2D eigenvalue weighted by Gasteiger charge is -1.98. The van der Waals surface area contributed by atoms with Crippen LogP contribution in [0.1, 0.15) is 5.56 Å². The lowest BCUT2D eigenvalue weighted by atomic mass is 10.1. The molecular formula is C10H9S. The monoisotopic (exact) mass is 161 g/mol. The lowest BCUT2D eigenvalue weighted by Crippen LogP contribution is -1.77. The minimum Gasteiger partial charge on any atom is -0.152 e. The third-order valence-corrected chi connectivity index (χ3v) is 2.57. The molecule has 55 valence electrons. The van der Waals surface area contributed by atoms with Crippen LogP contribution in [0.2, 0.25) is 0 Å². The number of rotatable bonds is 1. The zero-order valence-corrected chi connectivity index (χ0v) is 7.03. The van der Waals surface area contributed by atoms with E-state index in [1.807, 2.05) is 0 Å². The molecule has 1 aliphatic carbocycles. The number of hydrogen-bond acceptors (Lipinski definition) is 1. The van der Waals surface area contributed by atoms with Gasteiger partial charge >= 0.3 is 0 Å². The van der Waals surface area contributed by atoms with Crippen molar-refractivity contribution < 1.29 is 0 Å². The summed E-state index contributed by atoms with van der Waals surface area (Å²) in [6, 6.07) is 6.46. The summed E-state index contributed by atoms with van der Waals surface area (Å²) in [4.78, 5) is 0. The largest absolute Gasteiger partial charge is 0.152 e. The fourth-order valence-electron chi connectivity index (χ4n) is 1.28. The van der Waals surface area contributed by atoms with Crippen LogP contribution in [-0.2, 0) is 6.42 Å². The van der Waals surface area contributed by atoms with Gasteiger partial charge < -0.3 is 0 Å². The summed E-state index contributed by atoms with van der Waals surface area (Å²) in [7, 11) is 0. The van der Waals surface area contributed by atoms with E-state index in [9.17, 15) is 0 Å². The Kier molecular flexibility index (Phi) is 1.66. The van der Waals surface area contributed by atoms with E-state index in [1.165, 1.54) is 16.7 Å². The highest BCUT2D eigenvalue weighted by Gasteiger charge is 2.05. The average molecular weight is 161 g/mol. The topological polar surface area (TPSA) is 0 Å². The summed E-state index contributed by atoms with van der Waals surface area (Å²) in [5.74, 6) is 0. The van der Waals surface area contributed by atoms with Crippen molar-refractivity contribution in [1.29, 1.82) is 0 Å². The highest BCUT2D eigenvalue weighted by molar-refractivity contribution is 7.07. The minimum absolute atomic E-state index is 0.889. The Hall–Kier alpha value is -0.820. The summed E-state index contributed by atoms with van der Waals surface area (Å²) in [6.45, 7) is 3.88. The molecule has 11 heavy (non-hydrogen) atoms. The predicted octanol–water partition coefficient (Wildman–Crippen LogP) is 3.23. The van der Waals surface area contributed by atoms with Gasteiger partial charge in [0.05, 0.1) is 0 Å². The van der Waals surface area contributed by atoms with E-state index in [4.69, 9.17) is 0 Å². The van der Waals surface area contributed by atoms with Crippen LogP contribution in [0, 0.1) is 6.92 Å². The lowest BCUT2D eigenvalue weighted by molar-refractivity contribution is 1.30. The minimum atomic E-state index is 0.889. The summed E-state index contributed by atoms with van der Waals surface area (Å²) >= 11 is 1.74. The zero-order chi connectivity index (χ0) is 7.68. The molecule has 0 unspecified atom stereocenters. The third kappa shape index (κ3) is 1.05. The van der Waals surface area contributed by atoms with Crippen LogP contribution in [-0.4, -0.2) is 0 Å². The molecule has 1 heterocycles. The molecule has 0 aromatic heterocycles. The van der Waals surface area contributed by atoms with Crippen molar-refractivity contribution >= 4 is 11.3 Å². The molecule has 2 aliphatic rings. The summed E-state index contributed by atoms with van der Waals surface area (Å²) < 4.78 is 0. The van der Waals surface area contributed by atoms with E-state index in [0.717, 1.165) is 6.42 Å². The SMILES string of the molecule is [CH2]Cc1ccc2ccscc1-2. The van der Waals surface area contributed by atoms with Crippen LogP contribution in [0.5, 0.6) is 0 Å². The molecule has 0 bridgehead atoms. The first-order chi connectivity index (χ1) is 5.42. The standard InChI is InChI=1S/C10H9S/c1-2-8-3-4-9-5-6-11-7-10(8)9/h3-7H,1-2H2. The van der Waals surface area contributed by atoms with Gasteiger partial charge in [0.2, 0.25) is 0 Å². The molecular weight excluding hydrogens is 152 g/mol. The Labute approximate surface area is 70.8 Å². The summed E-state index contributed by atoms with van der Waals surface area (Å²) in [6.07, 6.45) is 0.889. The van der Waals surface area contributed by atoms with Gasteiger partial charge in [0, 0.05) is 0 Å². The first-order valence-corrected chi connectivity index (χ1v) is 4.59. The Morgan fingerprint density at radius 1 is 1.27 bits per heavy atom. The van der Waals surface area contributed by atoms with Crippen LogP contribution in [0.3, 0.4) is 0 Å². The van der Waals surface area contributed by atoms with Crippen molar-refractivity contribution in [2.24, 2.45) is 0 Å². The Bertz CT molecular complexity index is 322. The molecule has 0 saturated heterocycles. The average Bonchev–Trinajstić information content (AvgIpc) is 2.47. The molecule has 0 N–H and O–H groups in total. The second-order valence-corrected chi connectivity index (χ2v) is 3.31. The fraction of sp³-hybridized carbons (Fsp3) is 0.100. The molecule has 0 nitrogen and oxygen atoms in total. The second-order valence-electron chi connectivity index (χ2n) is 2.53. The summed E-state index contributed by atoms with van der Waals surface area (Å²) in [5, 5.41) is 4.30. The van der Waals surface area contributed by atoms with Crippen molar-refractivity contribution in [2.75, 3.05) is 0 Å². The molecule has 1 radical (unpaired) electrons. The van der Waals surface area contributed by atoms with Gasteiger partial charge in [-0.1, -0.05) is 12.1 Å². The van der Waals surface area contributed by atoms with E-state index < -0.39 is 0 Å². The highest BCUT2D eigenvalue weighted by Crippen LogP contribution is 2.28. The molecule has 0 aromatic rings. The van der Waals surface area contributed by atoms with E-state index in [0.29, 0.717) is 0 Å². The number of hydrogen-bond donors (Lipinski definition) is 0. The van der Waals surface area contributed by atoms with Crippen molar-refractivity contribution in [1.82, 2.24) is 0 Å². The van der Waals surface area contributed by atoms with E-state index >= 15 is 0 Å². The van der Waals surface area contributed by atoms with E-state index in [-0.39, 0.29) is 0 Å². The molecule has 0 atom stereocenters. The van der Waals surface area contributed by atoms with Gasteiger partial charge in [0.25, 0.3) is 0 Å².